The molecular formula is C13H16Br2Ti. The summed E-state index contributed by atoms with van der Waals surface area (Å²) in [7, 11) is 0. The van der Waals surface area contributed by atoms with Crippen molar-refractivity contribution in [1.29, 1.82) is 0 Å². The third-order valence-corrected chi connectivity index (χ3v) is 2.77. The zero-order valence-corrected chi connectivity index (χ0v) is 14.2. The van der Waals surface area contributed by atoms with Gasteiger partial charge in [-0.05, 0) is 17.5 Å². The summed E-state index contributed by atoms with van der Waals surface area (Å²) in [4.78, 5) is 0. The van der Waals surface area contributed by atoms with Crippen LogP contribution in [0.5, 0.6) is 0 Å². The molecule has 0 amide bonds. The standard InChI is InChI=1S/C13H16.2BrH.Ti/c1-2-3-6-11-9-10-12-7-4-5-8-13(11)12;;;/h4-5,7-11H,2-3,6H2,1H3;2*1H;/q;;;+2/p-2. The predicted molar refractivity (Wildman–Crippen MR) is 75.6 cm³/mol. The molecule has 0 heterocycles. The number of rotatable bonds is 3. The molecule has 0 saturated heterocycles. The van der Waals surface area contributed by atoms with Crippen LogP contribution in [0.15, 0.2) is 30.3 Å². The monoisotopic (exact) mass is 378 g/mol. The van der Waals surface area contributed by atoms with E-state index in [9.17, 15) is 0 Å². The molecule has 0 nitrogen and oxygen atoms in total. The Morgan fingerprint density at radius 1 is 1.25 bits per heavy atom. The molecule has 16 heavy (non-hydrogen) atoms. The molecule has 0 saturated carbocycles. The molecule has 0 aliphatic heterocycles. The summed E-state index contributed by atoms with van der Waals surface area (Å²) in [6.45, 7) is 2.25. The van der Waals surface area contributed by atoms with Crippen LogP contribution in [0.3, 0.4) is 0 Å². The molecular weight excluding hydrogens is 364 g/mol. The summed E-state index contributed by atoms with van der Waals surface area (Å²) < 4.78 is 0. The average molecular weight is 380 g/mol. The van der Waals surface area contributed by atoms with Gasteiger partial charge in [0, 0.05) is 5.92 Å². The molecule has 0 aromatic heterocycles. The van der Waals surface area contributed by atoms with Gasteiger partial charge in [0.1, 0.15) is 0 Å². The van der Waals surface area contributed by atoms with Crippen molar-refractivity contribution in [3.63, 3.8) is 0 Å². The topological polar surface area (TPSA) is 0 Å². The van der Waals surface area contributed by atoms with Crippen molar-refractivity contribution >= 4 is 32.4 Å². The van der Waals surface area contributed by atoms with Gasteiger partial charge in [-0.3, -0.25) is 0 Å². The van der Waals surface area contributed by atoms with Crippen LogP contribution < -0.4 is 0 Å². The second kappa shape index (κ2) is 8.69. The molecule has 1 atom stereocenters. The van der Waals surface area contributed by atoms with Crippen molar-refractivity contribution in [1.82, 2.24) is 0 Å². The average Bonchev–Trinajstić information content (AvgIpc) is 2.71. The fourth-order valence-corrected chi connectivity index (χ4v) is 2.00. The summed E-state index contributed by atoms with van der Waals surface area (Å²) in [5, 5.41) is 0. The Labute approximate surface area is 120 Å². The Bertz CT molecular complexity index is 336. The number of halogens is 2. The van der Waals surface area contributed by atoms with E-state index in [1.54, 1.807) is 0 Å². The summed E-state index contributed by atoms with van der Waals surface area (Å²) >= 11 is 6.50. The number of fused-ring (bicyclic) bond motifs is 1. The number of benzene rings is 1. The minimum absolute atomic E-state index is 0.125. The Morgan fingerprint density at radius 3 is 2.62 bits per heavy atom. The molecule has 0 spiro atoms. The molecule has 1 unspecified atom stereocenters. The van der Waals surface area contributed by atoms with Crippen LogP contribution >= 0.6 is 26.3 Å². The first-order valence-corrected chi connectivity index (χ1v) is 13.3. The Morgan fingerprint density at radius 2 is 1.94 bits per heavy atom. The fraction of sp³-hybridized carbons (Fsp3) is 0.385. The third-order valence-electron chi connectivity index (χ3n) is 2.77. The van der Waals surface area contributed by atoms with Gasteiger partial charge in [-0.15, -0.1) is 0 Å². The maximum absolute atomic E-state index is 3.19. The van der Waals surface area contributed by atoms with Crippen LogP contribution in [0.2, 0.25) is 0 Å². The van der Waals surface area contributed by atoms with Gasteiger partial charge in [-0.2, -0.15) is 0 Å². The van der Waals surface area contributed by atoms with E-state index >= 15 is 0 Å². The SMILES string of the molecule is CCCCC1C=Cc2ccccc21.[Br][Ti][Br]. The van der Waals surface area contributed by atoms with Gasteiger partial charge in [0.2, 0.25) is 0 Å². The number of unbranched alkanes of at least 4 members (excludes halogenated alkanes) is 1. The molecule has 1 aromatic carbocycles. The van der Waals surface area contributed by atoms with Crippen LogP contribution in [0.1, 0.15) is 43.2 Å². The van der Waals surface area contributed by atoms with Gasteiger partial charge in [-0.1, -0.05) is 56.2 Å². The van der Waals surface area contributed by atoms with Crippen LogP contribution in [-0.4, -0.2) is 0 Å². The van der Waals surface area contributed by atoms with Gasteiger partial charge in [0.05, 0.1) is 0 Å². The van der Waals surface area contributed by atoms with Gasteiger partial charge >= 0.3 is 41.3 Å². The van der Waals surface area contributed by atoms with Crippen molar-refractivity contribution in [3.05, 3.63) is 41.5 Å². The first-order valence-electron chi connectivity index (χ1n) is 5.56. The number of allylic oxidation sites excluding steroid dienone is 1. The second-order valence-corrected chi connectivity index (χ2v) is 11.7. The fourth-order valence-electron chi connectivity index (χ4n) is 2.00. The molecule has 2 rings (SSSR count). The van der Waals surface area contributed by atoms with E-state index < -0.39 is 0 Å². The first-order chi connectivity index (χ1) is 7.83. The maximum atomic E-state index is 3.19. The molecule has 0 radical (unpaired) electrons. The first kappa shape index (κ1) is 14.7. The van der Waals surface area contributed by atoms with E-state index in [0.29, 0.717) is 5.92 Å². The van der Waals surface area contributed by atoms with Crippen molar-refractivity contribution in [2.45, 2.75) is 32.1 Å². The minimum atomic E-state index is 0.125. The summed E-state index contributed by atoms with van der Waals surface area (Å²) in [5.74, 6) is 0.691. The van der Waals surface area contributed by atoms with Gasteiger partial charge in [0.15, 0.2) is 0 Å². The van der Waals surface area contributed by atoms with Crippen LogP contribution in [0.25, 0.3) is 6.08 Å². The Balaban J connectivity index is 0.000000386. The van der Waals surface area contributed by atoms with E-state index in [-0.39, 0.29) is 15.0 Å². The quantitative estimate of drug-likeness (QED) is 0.593. The molecule has 86 valence electrons. The van der Waals surface area contributed by atoms with Crippen molar-refractivity contribution in [3.8, 4) is 0 Å². The molecule has 1 aromatic rings. The van der Waals surface area contributed by atoms with Crippen LogP contribution in [0, 0.1) is 0 Å². The van der Waals surface area contributed by atoms with Gasteiger partial charge in [0.25, 0.3) is 0 Å². The molecule has 1 aliphatic rings. The zero-order valence-electron chi connectivity index (χ0n) is 9.42. The molecule has 0 fully saturated rings. The van der Waals surface area contributed by atoms with E-state index in [4.69, 9.17) is 0 Å². The van der Waals surface area contributed by atoms with E-state index in [2.05, 4.69) is 69.7 Å². The second-order valence-electron chi connectivity index (χ2n) is 3.81. The van der Waals surface area contributed by atoms with Crippen LogP contribution in [-0.2, 0) is 15.0 Å². The predicted octanol–water partition coefficient (Wildman–Crippen LogP) is 5.68. The molecule has 3 heteroatoms. The summed E-state index contributed by atoms with van der Waals surface area (Å²) in [6, 6.07) is 8.73. The van der Waals surface area contributed by atoms with Gasteiger partial charge < -0.3 is 0 Å². The van der Waals surface area contributed by atoms with Crippen molar-refractivity contribution < 1.29 is 15.0 Å². The van der Waals surface area contributed by atoms with Crippen LogP contribution in [0.4, 0.5) is 0 Å². The van der Waals surface area contributed by atoms with Crippen molar-refractivity contribution in [2.75, 3.05) is 0 Å². The Kier molecular flexibility index (Phi) is 7.98. The normalized spacial score (nSPS) is 16.3. The number of hydrogen-bond acceptors (Lipinski definition) is 0. The summed E-state index contributed by atoms with van der Waals surface area (Å²) in [6.07, 6.45) is 8.55. The van der Waals surface area contributed by atoms with Crippen molar-refractivity contribution in [2.24, 2.45) is 0 Å². The Hall–Kier alpha value is 0.634. The van der Waals surface area contributed by atoms with E-state index in [1.165, 1.54) is 30.4 Å². The van der Waals surface area contributed by atoms with Gasteiger partial charge in [-0.25, -0.2) is 0 Å². The van der Waals surface area contributed by atoms with E-state index in [1.807, 2.05) is 0 Å². The molecule has 0 N–H and O–H groups in total. The zero-order chi connectivity index (χ0) is 11.8. The van der Waals surface area contributed by atoms with E-state index in [0.717, 1.165) is 0 Å². The summed E-state index contributed by atoms with van der Waals surface area (Å²) in [5.41, 5.74) is 2.94. The number of hydrogen-bond donors (Lipinski definition) is 0. The molecule has 0 bridgehead atoms. The third kappa shape index (κ3) is 4.48. The molecule has 1 aliphatic carbocycles.